The minimum atomic E-state index is -0.632. The number of rotatable bonds is 4. The Balaban J connectivity index is 1.80. The average Bonchev–Trinajstić information content (AvgIpc) is 2.55. The third kappa shape index (κ3) is 3.48. The number of aromatic nitrogens is 3. The van der Waals surface area contributed by atoms with E-state index in [9.17, 15) is 8.78 Å². The normalized spacial score (nSPS) is 10.6. The van der Waals surface area contributed by atoms with E-state index in [1.165, 1.54) is 18.3 Å². The van der Waals surface area contributed by atoms with Crippen LogP contribution in [0.4, 0.5) is 14.7 Å². The second-order valence-corrected chi connectivity index (χ2v) is 5.03. The molecule has 0 bridgehead atoms. The lowest BCUT2D eigenvalue weighted by Gasteiger charge is -2.09. The molecule has 0 saturated carbocycles. The highest BCUT2D eigenvalue weighted by molar-refractivity contribution is 5.66. The SMILES string of the molecule is Cc1nc(NCc2cccnc2)ncc1-c1ccc(F)cc1F. The number of hydrogen-bond acceptors (Lipinski definition) is 4. The summed E-state index contributed by atoms with van der Waals surface area (Å²) in [5, 5.41) is 3.09. The first-order chi connectivity index (χ1) is 11.1. The zero-order valence-electron chi connectivity index (χ0n) is 12.4. The van der Waals surface area contributed by atoms with Crippen molar-refractivity contribution in [2.45, 2.75) is 13.5 Å². The molecule has 2 heterocycles. The lowest BCUT2D eigenvalue weighted by Crippen LogP contribution is -2.05. The maximum atomic E-state index is 13.9. The number of aryl methyl sites for hydroxylation is 1. The van der Waals surface area contributed by atoms with E-state index < -0.39 is 11.6 Å². The van der Waals surface area contributed by atoms with Crippen LogP contribution in [-0.4, -0.2) is 15.0 Å². The van der Waals surface area contributed by atoms with Gasteiger partial charge in [0.2, 0.25) is 5.95 Å². The Kier molecular flexibility index (Phi) is 4.23. The predicted molar refractivity (Wildman–Crippen MR) is 83.7 cm³/mol. The average molecular weight is 312 g/mol. The van der Waals surface area contributed by atoms with E-state index in [-0.39, 0.29) is 5.56 Å². The maximum Gasteiger partial charge on any atom is 0.223 e. The van der Waals surface area contributed by atoms with Crippen molar-refractivity contribution in [1.29, 1.82) is 0 Å². The first kappa shape index (κ1) is 15.0. The standard InChI is InChI=1S/C17H14F2N4/c1-11-15(14-5-4-13(18)7-16(14)19)10-22-17(23-11)21-9-12-3-2-6-20-8-12/h2-8,10H,9H2,1H3,(H,21,22,23). The van der Waals surface area contributed by atoms with E-state index in [1.807, 2.05) is 12.1 Å². The second kappa shape index (κ2) is 6.48. The van der Waals surface area contributed by atoms with Crippen LogP contribution < -0.4 is 5.32 Å². The van der Waals surface area contributed by atoms with Gasteiger partial charge in [0.25, 0.3) is 0 Å². The molecule has 0 amide bonds. The van der Waals surface area contributed by atoms with Crippen molar-refractivity contribution in [3.05, 3.63) is 71.8 Å². The Morgan fingerprint density at radius 3 is 2.65 bits per heavy atom. The smallest absolute Gasteiger partial charge is 0.223 e. The fourth-order valence-corrected chi connectivity index (χ4v) is 2.21. The van der Waals surface area contributed by atoms with Crippen molar-refractivity contribution in [1.82, 2.24) is 15.0 Å². The van der Waals surface area contributed by atoms with E-state index in [2.05, 4.69) is 20.3 Å². The van der Waals surface area contributed by atoms with Crippen molar-refractivity contribution in [2.24, 2.45) is 0 Å². The van der Waals surface area contributed by atoms with Crippen molar-refractivity contribution >= 4 is 5.95 Å². The summed E-state index contributed by atoms with van der Waals surface area (Å²) in [7, 11) is 0. The van der Waals surface area contributed by atoms with Gasteiger partial charge in [-0.2, -0.15) is 0 Å². The van der Waals surface area contributed by atoms with Gasteiger partial charge in [-0.3, -0.25) is 4.98 Å². The zero-order valence-corrected chi connectivity index (χ0v) is 12.4. The van der Waals surface area contributed by atoms with Gasteiger partial charge in [0.15, 0.2) is 0 Å². The van der Waals surface area contributed by atoms with Crippen LogP contribution in [0.15, 0.2) is 48.9 Å². The Morgan fingerprint density at radius 1 is 1.09 bits per heavy atom. The summed E-state index contributed by atoms with van der Waals surface area (Å²) < 4.78 is 26.9. The second-order valence-electron chi connectivity index (χ2n) is 5.03. The Morgan fingerprint density at radius 2 is 1.96 bits per heavy atom. The van der Waals surface area contributed by atoms with E-state index in [0.29, 0.717) is 23.8 Å². The highest BCUT2D eigenvalue weighted by atomic mass is 19.1. The minimum absolute atomic E-state index is 0.280. The predicted octanol–water partition coefficient (Wildman–Crippen LogP) is 3.74. The number of hydrogen-bond donors (Lipinski definition) is 1. The van der Waals surface area contributed by atoms with Gasteiger partial charge >= 0.3 is 0 Å². The lowest BCUT2D eigenvalue weighted by atomic mass is 10.1. The van der Waals surface area contributed by atoms with Gasteiger partial charge in [-0.05, 0) is 30.7 Å². The highest BCUT2D eigenvalue weighted by Gasteiger charge is 2.11. The summed E-state index contributed by atoms with van der Waals surface area (Å²) in [6.45, 7) is 2.30. The largest absolute Gasteiger partial charge is 0.350 e. The maximum absolute atomic E-state index is 13.9. The molecule has 0 aliphatic carbocycles. The Labute approximate surface area is 132 Å². The molecule has 1 aromatic carbocycles. The van der Waals surface area contributed by atoms with Crippen molar-refractivity contribution in [3.63, 3.8) is 0 Å². The molecule has 6 heteroatoms. The summed E-state index contributed by atoms with van der Waals surface area (Å²) in [5.41, 5.74) is 2.43. The van der Waals surface area contributed by atoms with Gasteiger partial charge < -0.3 is 5.32 Å². The molecule has 4 nitrogen and oxygen atoms in total. The molecule has 2 aromatic heterocycles. The number of halogens is 2. The fraction of sp³-hybridized carbons (Fsp3) is 0.118. The molecule has 0 radical (unpaired) electrons. The van der Waals surface area contributed by atoms with Gasteiger partial charge in [-0.1, -0.05) is 6.07 Å². The minimum Gasteiger partial charge on any atom is -0.350 e. The molecule has 0 spiro atoms. The Hall–Kier alpha value is -2.89. The molecular formula is C17H14F2N4. The van der Waals surface area contributed by atoms with Gasteiger partial charge in [-0.15, -0.1) is 0 Å². The van der Waals surface area contributed by atoms with Crippen molar-refractivity contribution < 1.29 is 8.78 Å². The quantitative estimate of drug-likeness (QED) is 0.797. The molecule has 116 valence electrons. The van der Waals surface area contributed by atoms with Crippen LogP contribution in [-0.2, 0) is 6.54 Å². The zero-order chi connectivity index (χ0) is 16.2. The molecule has 0 atom stereocenters. The molecular weight excluding hydrogens is 298 g/mol. The summed E-state index contributed by atoms with van der Waals surface area (Å²) in [5.74, 6) is -0.801. The topological polar surface area (TPSA) is 50.7 Å². The molecule has 0 saturated heterocycles. The number of pyridine rings is 1. The van der Waals surface area contributed by atoms with Gasteiger partial charge in [0.05, 0.1) is 5.69 Å². The van der Waals surface area contributed by atoms with Gasteiger partial charge in [0, 0.05) is 42.3 Å². The fourth-order valence-electron chi connectivity index (χ4n) is 2.21. The van der Waals surface area contributed by atoms with E-state index >= 15 is 0 Å². The van der Waals surface area contributed by atoms with Crippen LogP contribution in [0.5, 0.6) is 0 Å². The summed E-state index contributed by atoms with van der Waals surface area (Å²) in [6, 6.07) is 7.24. The molecule has 0 aliphatic heterocycles. The molecule has 23 heavy (non-hydrogen) atoms. The van der Waals surface area contributed by atoms with Crippen LogP contribution in [0, 0.1) is 18.6 Å². The molecule has 3 aromatic rings. The van der Waals surface area contributed by atoms with Gasteiger partial charge in [0.1, 0.15) is 11.6 Å². The van der Waals surface area contributed by atoms with Crippen LogP contribution >= 0.6 is 0 Å². The molecule has 1 N–H and O–H groups in total. The number of anilines is 1. The van der Waals surface area contributed by atoms with Crippen molar-refractivity contribution in [2.75, 3.05) is 5.32 Å². The monoisotopic (exact) mass is 312 g/mol. The first-order valence-corrected chi connectivity index (χ1v) is 7.05. The van der Waals surface area contributed by atoms with Gasteiger partial charge in [-0.25, -0.2) is 18.7 Å². The molecule has 0 aliphatic rings. The molecule has 3 rings (SSSR count). The number of benzene rings is 1. The van der Waals surface area contributed by atoms with Crippen LogP contribution in [0.1, 0.15) is 11.3 Å². The number of nitrogens with one attached hydrogen (secondary N) is 1. The lowest BCUT2D eigenvalue weighted by molar-refractivity contribution is 0.585. The Bertz CT molecular complexity index is 822. The van der Waals surface area contributed by atoms with Crippen LogP contribution in [0.25, 0.3) is 11.1 Å². The van der Waals surface area contributed by atoms with E-state index in [4.69, 9.17) is 0 Å². The van der Waals surface area contributed by atoms with Crippen LogP contribution in [0.3, 0.4) is 0 Å². The van der Waals surface area contributed by atoms with Crippen LogP contribution in [0.2, 0.25) is 0 Å². The van der Waals surface area contributed by atoms with E-state index in [1.54, 1.807) is 19.3 Å². The third-order valence-corrected chi connectivity index (χ3v) is 3.37. The molecule has 0 fully saturated rings. The summed E-state index contributed by atoms with van der Waals surface area (Å²) in [6.07, 6.45) is 4.99. The van der Waals surface area contributed by atoms with Crippen molar-refractivity contribution in [3.8, 4) is 11.1 Å². The molecule has 0 unspecified atom stereocenters. The third-order valence-electron chi connectivity index (χ3n) is 3.37. The summed E-state index contributed by atoms with van der Waals surface area (Å²) in [4.78, 5) is 12.5. The highest BCUT2D eigenvalue weighted by Crippen LogP contribution is 2.25. The van der Waals surface area contributed by atoms with E-state index in [0.717, 1.165) is 11.6 Å². The number of nitrogens with zero attached hydrogens (tertiary/aromatic N) is 3. The first-order valence-electron chi connectivity index (χ1n) is 7.05. The summed E-state index contributed by atoms with van der Waals surface area (Å²) >= 11 is 0.